The van der Waals surface area contributed by atoms with E-state index < -0.39 is 10.0 Å². The lowest BCUT2D eigenvalue weighted by Crippen LogP contribution is -2.49. The van der Waals surface area contributed by atoms with Gasteiger partial charge < -0.3 is 9.80 Å². The first-order chi connectivity index (χ1) is 15.4. The number of rotatable bonds is 6. The average molecular weight is 473 g/mol. The van der Waals surface area contributed by atoms with Crippen LogP contribution in [0, 0.1) is 0 Å². The molecule has 4 rings (SSSR count). The highest BCUT2D eigenvalue weighted by atomic mass is 35.5. The molecule has 0 unspecified atom stereocenters. The van der Waals surface area contributed by atoms with Gasteiger partial charge >= 0.3 is 0 Å². The van der Waals surface area contributed by atoms with E-state index in [1.54, 1.807) is 47.9 Å². The van der Waals surface area contributed by atoms with Crippen molar-refractivity contribution in [2.24, 2.45) is 0 Å². The number of pyridine rings is 1. The molecule has 1 amide bonds. The van der Waals surface area contributed by atoms with Gasteiger partial charge in [-0.3, -0.25) is 9.78 Å². The number of nitrogens with one attached hydrogen (secondary N) is 1. The number of piperazine rings is 1. The molecule has 2 aromatic heterocycles. The molecular weight excluding hydrogens is 452 g/mol. The van der Waals surface area contributed by atoms with Gasteiger partial charge in [0.15, 0.2) is 0 Å². The highest BCUT2D eigenvalue weighted by Gasteiger charge is 2.26. The minimum Gasteiger partial charge on any atom is -0.337 e. The molecule has 1 fully saturated rings. The Morgan fingerprint density at radius 2 is 1.78 bits per heavy atom. The van der Waals surface area contributed by atoms with E-state index in [9.17, 15) is 13.2 Å². The monoisotopic (exact) mass is 472 g/mol. The number of benzene rings is 1. The zero-order chi connectivity index (χ0) is 22.6. The van der Waals surface area contributed by atoms with E-state index in [1.165, 1.54) is 18.2 Å². The van der Waals surface area contributed by atoms with Crippen LogP contribution < -0.4 is 9.62 Å². The summed E-state index contributed by atoms with van der Waals surface area (Å²) in [6, 6.07) is 9.53. The van der Waals surface area contributed by atoms with Gasteiger partial charge in [0.2, 0.25) is 16.0 Å². The third kappa shape index (κ3) is 5.04. The Morgan fingerprint density at radius 3 is 2.47 bits per heavy atom. The summed E-state index contributed by atoms with van der Waals surface area (Å²) in [5.41, 5.74) is 0.972. The lowest BCUT2D eigenvalue weighted by Gasteiger charge is -2.34. The predicted octanol–water partition coefficient (Wildman–Crippen LogP) is 1.97. The Balaban J connectivity index is 1.45. The van der Waals surface area contributed by atoms with Gasteiger partial charge in [-0.25, -0.2) is 23.1 Å². The van der Waals surface area contributed by atoms with Crippen molar-refractivity contribution in [3.8, 4) is 0 Å². The molecule has 0 aliphatic carbocycles. The molecular formula is C21H21ClN6O3S. The van der Waals surface area contributed by atoms with E-state index in [-0.39, 0.29) is 27.9 Å². The predicted molar refractivity (Wildman–Crippen MR) is 120 cm³/mol. The molecule has 0 atom stereocenters. The molecule has 0 spiro atoms. The molecule has 1 aromatic carbocycles. The summed E-state index contributed by atoms with van der Waals surface area (Å²) in [6.45, 7) is 2.18. The Bertz CT molecular complexity index is 1190. The van der Waals surface area contributed by atoms with Crippen molar-refractivity contribution in [3.05, 3.63) is 77.3 Å². The highest BCUT2D eigenvalue weighted by molar-refractivity contribution is 7.89. The lowest BCUT2D eigenvalue weighted by atomic mass is 10.2. The van der Waals surface area contributed by atoms with E-state index in [0.717, 1.165) is 0 Å². The zero-order valence-corrected chi connectivity index (χ0v) is 18.6. The summed E-state index contributed by atoms with van der Waals surface area (Å²) in [7, 11) is -3.93. The molecule has 9 nitrogen and oxygen atoms in total. The molecule has 11 heteroatoms. The molecule has 1 aliphatic rings. The van der Waals surface area contributed by atoms with Gasteiger partial charge in [0, 0.05) is 63.1 Å². The number of amides is 1. The maximum Gasteiger partial charge on any atom is 0.254 e. The molecule has 0 radical (unpaired) electrons. The summed E-state index contributed by atoms with van der Waals surface area (Å²) in [4.78, 5) is 29.0. The third-order valence-electron chi connectivity index (χ3n) is 5.06. The molecule has 1 N–H and O–H groups in total. The van der Waals surface area contributed by atoms with Crippen molar-refractivity contribution in [2.75, 3.05) is 31.1 Å². The summed E-state index contributed by atoms with van der Waals surface area (Å²) >= 11 is 6.16. The van der Waals surface area contributed by atoms with Gasteiger partial charge in [-0.05, 0) is 35.9 Å². The number of hydrogen-bond donors (Lipinski definition) is 1. The topological polar surface area (TPSA) is 108 Å². The van der Waals surface area contributed by atoms with Crippen LogP contribution in [0.2, 0.25) is 5.02 Å². The molecule has 3 heterocycles. The average Bonchev–Trinajstić information content (AvgIpc) is 2.84. The van der Waals surface area contributed by atoms with Gasteiger partial charge in [0.1, 0.15) is 4.90 Å². The number of nitrogens with zero attached hydrogens (tertiary/aromatic N) is 5. The Labute approximate surface area is 191 Å². The minimum atomic E-state index is -3.93. The fourth-order valence-electron chi connectivity index (χ4n) is 3.35. The first-order valence-corrected chi connectivity index (χ1v) is 11.8. The minimum absolute atomic E-state index is 0.0475. The molecule has 0 saturated carbocycles. The number of halogens is 1. The van der Waals surface area contributed by atoms with Crippen molar-refractivity contribution >= 4 is 33.5 Å². The molecule has 0 bridgehead atoms. The largest absolute Gasteiger partial charge is 0.337 e. The Kier molecular flexibility index (Phi) is 6.63. The van der Waals surface area contributed by atoms with Gasteiger partial charge in [-0.1, -0.05) is 17.7 Å². The van der Waals surface area contributed by atoms with E-state index in [0.29, 0.717) is 37.7 Å². The van der Waals surface area contributed by atoms with Gasteiger partial charge in [-0.15, -0.1) is 0 Å². The quantitative estimate of drug-likeness (QED) is 0.584. The number of sulfonamides is 1. The van der Waals surface area contributed by atoms with Crippen molar-refractivity contribution < 1.29 is 13.2 Å². The molecule has 32 heavy (non-hydrogen) atoms. The Morgan fingerprint density at radius 1 is 1.03 bits per heavy atom. The van der Waals surface area contributed by atoms with E-state index in [1.807, 2.05) is 4.90 Å². The number of carbonyl (C=O) groups excluding carboxylic acids is 1. The molecule has 1 aliphatic heterocycles. The van der Waals surface area contributed by atoms with E-state index >= 15 is 0 Å². The molecule has 166 valence electrons. The van der Waals surface area contributed by atoms with Gasteiger partial charge in [0.25, 0.3) is 5.91 Å². The smallest absolute Gasteiger partial charge is 0.254 e. The fraction of sp³-hybridized carbons (Fsp3) is 0.238. The third-order valence-corrected chi connectivity index (χ3v) is 6.94. The second-order valence-electron chi connectivity index (χ2n) is 7.16. The second kappa shape index (κ2) is 9.60. The number of carbonyl (C=O) groups is 1. The first kappa shape index (κ1) is 22.1. The second-order valence-corrected chi connectivity index (χ2v) is 9.30. The Hall–Kier alpha value is -3.08. The standard InChI is InChI=1S/C21H21ClN6O3S/c22-18-5-4-17(13-19(18)32(30,31)26-15-16-3-1-6-23-14-16)20(29)27-9-11-28(12-10-27)21-24-7-2-8-25-21/h1-8,13-14,26H,9-12,15H2. The summed E-state index contributed by atoms with van der Waals surface area (Å²) in [5.74, 6) is 0.373. The van der Waals surface area contributed by atoms with Crippen LogP contribution in [0.4, 0.5) is 5.95 Å². The summed E-state index contributed by atoms with van der Waals surface area (Å²) < 4.78 is 28.1. The van der Waals surface area contributed by atoms with Crippen molar-refractivity contribution in [3.63, 3.8) is 0 Å². The maximum atomic E-state index is 13.0. The van der Waals surface area contributed by atoms with Crippen LogP contribution in [0.5, 0.6) is 0 Å². The van der Waals surface area contributed by atoms with Gasteiger partial charge in [0.05, 0.1) is 5.02 Å². The SMILES string of the molecule is O=C(c1ccc(Cl)c(S(=O)(=O)NCc2cccnc2)c1)N1CCN(c2ncccn2)CC1. The van der Waals surface area contributed by atoms with Crippen LogP contribution in [0.25, 0.3) is 0 Å². The normalized spacial score (nSPS) is 14.4. The first-order valence-electron chi connectivity index (χ1n) is 9.93. The zero-order valence-electron chi connectivity index (χ0n) is 17.1. The fourth-order valence-corrected chi connectivity index (χ4v) is 4.89. The molecule has 3 aromatic rings. The van der Waals surface area contributed by atoms with Crippen LogP contribution in [-0.4, -0.2) is 60.4 Å². The van der Waals surface area contributed by atoms with Crippen molar-refractivity contribution in [1.29, 1.82) is 0 Å². The number of hydrogen-bond acceptors (Lipinski definition) is 7. The van der Waals surface area contributed by atoms with Crippen LogP contribution in [0.15, 0.2) is 66.1 Å². The summed E-state index contributed by atoms with van der Waals surface area (Å²) in [5, 5.41) is 0.0475. The van der Waals surface area contributed by atoms with E-state index in [4.69, 9.17) is 11.6 Å². The molecule has 1 saturated heterocycles. The highest BCUT2D eigenvalue weighted by Crippen LogP contribution is 2.24. The van der Waals surface area contributed by atoms with Crippen LogP contribution in [0.1, 0.15) is 15.9 Å². The maximum absolute atomic E-state index is 13.0. The van der Waals surface area contributed by atoms with Crippen molar-refractivity contribution in [2.45, 2.75) is 11.4 Å². The van der Waals surface area contributed by atoms with Crippen molar-refractivity contribution in [1.82, 2.24) is 24.6 Å². The van der Waals surface area contributed by atoms with Crippen LogP contribution >= 0.6 is 11.6 Å². The number of aromatic nitrogens is 3. The van der Waals surface area contributed by atoms with E-state index in [2.05, 4.69) is 19.7 Å². The van der Waals surface area contributed by atoms with Gasteiger partial charge in [-0.2, -0.15) is 0 Å². The lowest BCUT2D eigenvalue weighted by molar-refractivity contribution is 0.0746. The van der Waals surface area contributed by atoms with Crippen LogP contribution in [0.3, 0.4) is 0 Å². The summed E-state index contributed by atoms with van der Waals surface area (Å²) in [6.07, 6.45) is 6.54. The van der Waals surface area contributed by atoms with Crippen LogP contribution in [-0.2, 0) is 16.6 Å². The number of anilines is 1.